The molecule has 0 aliphatic carbocycles. The maximum atomic E-state index is 14.6. The highest BCUT2D eigenvalue weighted by molar-refractivity contribution is 5.94. The molecular weight excluding hydrogens is 537 g/mol. The number of hydrogen-bond donors (Lipinski definition) is 2. The molecule has 0 saturated carbocycles. The third kappa shape index (κ3) is 4.41. The number of methoxy groups -OCH3 is 1. The van der Waals surface area contributed by atoms with E-state index in [0.29, 0.717) is 52.1 Å². The zero-order valence-corrected chi connectivity index (χ0v) is 22.8. The van der Waals surface area contributed by atoms with Gasteiger partial charge in [-0.3, -0.25) is 14.3 Å². The van der Waals surface area contributed by atoms with Crippen molar-refractivity contribution >= 4 is 28.5 Å². The normalized spacial score (nSPS) is 16.5. The zero-order chi connectivity index (χ0) is 29.5. The molecule has 6 rings (SSSR count). The molecule has 42 heavy (non-hydrogen) atoms. The van der Waals surface area contributed by atoms with E-state index in [0.717, 1.165) is 0 Å². The van der Waals surface area contributed by atoms with Crippen LogP contribution in [0.25, 0.3) is 27.7 Å². The van der Waals surface area contributed by atoms with Crippen LogP contribution in [0.5, 0.6) is 5.75 Å². The Balaban J connectivity index is 1.65. The summed E-state index contributed by atoms with van der Waals surface area (Å²) in [5, 5.41) is 10.3. The average Bonchev–Trinajstić information content (AvgIpc) is 3.37. The minimum absolute atomic E-state index is 0.0385. The van der Waals surface area contributed by atoms with E-state index in [1.54, 1.807) is 37.7 Å². The smallest absolute Gasteiger partial charge is 0.266 e. The van der Waals surface area contributed by atoms with Crippen LogP contribution in [0, 0.1) is 17.1 Å². The van der Waals surface area contributed by atoms with Crippen LogP contribution in [0.3, 0.4) is 0 Å². The molecular formula is C30H26FN9O2. The summed E-state index contributed by atoms with van der Waals surface area (Å²) in [5.41, 5.74) is 13.7. The van der Waals surface area contributed by atoms with Crippen LogP contribution in [0.1, 0.15) is 37.2 Å². The maximum Gasteiger partial charge on any atom is 0.266 e. The number of pyridine rings is 1. The van der Waals surface area contributed by atoms with Gasteiger partial charge in [0.05, 0.1) is 35.9 Å². The predicted octanol–water partition coefficient (Wildman–Crippen LogP) is 4.15. The van der Waals surface area contributed by atoms with Gasteiger partial charge in [0.25, 0.3) is 5.56 Å². The second-order valence-electron chi connectivity index (χ2n) is 10.0. The molecule has 1 aliphatic rings. The van der Waals surface area contributed by atoms with Crippen molar-refractivity contribution in [1.29, 1.82) is 5.26 Å². The summed E-state index contributed by atoms with van der Waals surface area (Å²) in [6.07, 6.45) is 4.49. The lowest BCUT2D eigenvalue weighted by atomic mass is 10.0. The molecule has 210 valence electrons. The summed E-state index contributed by atoms with van der Waals surface area (Å²) in [5.74, 6) is 0.535. The standard InChI is InChI=1S/C30H26FN9O2/c1-16-9-10-24(39(16)27-22(13-32)26(33)37-30(34)38-27)28-36-23-8-4-7-21(17-11-20(42-2)15-35-14-17)25(23)29(41)40(28)19-6-3-5-18(31)12-19/h3-8,11-12,14-16,24H,9-10H2,1-2H3,(H4,33,34,37,38)/t16-,24-/m0/s1. The Morgan fingerprint density at radius 3 is 2.64 bits per heavy atom. The van der Waals surface area contributed by atoms with Crippen molar-refractivity contribution < 1.29 is 9.13 Å². The van der Waals surface area contributed by atoms with Gasteiger partial charge >= 0.3 is 0 Å². The number of hydrogen-bond acceptors (Lipinski definition) is 10. The highest BCUT2D eigenvalue weighted by Gasteiger charge is 2.38. The molecule has 5 aromatic rings. The number of benzene rings is 2. The van der Waals surface area contributed by atoms with Crippen molar-refractivity contribution in [3.63, 3.8) is 0 Å². The second-order valence-corrected chi connectivity index (χ2v) is 10.0. The SMILES string of the molecule is COc1cncc(-c2cccc3nc([C@@H]4CC[C@H](C)N4c4nc(N)nc(N)c4C#N)n(-c4cccc(F)c4)c(=O)c23)c1. The first-order chi connectivity index (χ1) is 20.3. The predicted molar refractivity (Wildman–Crippen MR) is 157 cm³/mol. The third-order valence-corrected chi connectivity index (χ3v) is 7.51. The number of nitrogens with two attached hydrogens (primary N) is 2. The van der Waals surface area contributed by atoms with E-state index in [4.69, 9.17) is 21.2 Å². The Labute approximate surface area is 239 Å². The van der Waals surface area contributed by atoms with Crippen molar-refractivity contribution in [1.82, 2.24) is 24.5 Å². The van der Waals surface area contributed by atoms with Crippen LogP contribution in [0.2, 0.25) is 0 Å². The third-order valence-electron chi connectivity index (χ3n) is 7.51. The van der Waals surface area contributed by atoms with Crippen LogP contribution >= 0.6 is 0 Å². The molecule has 0 unspecified atom stereocenters. The molecule has 1 fully saturated rings. The highest BCUT2D eigenvalue weighted by Crippen LogP contribution is 2.41. The molecule has 12 heteroatoms. The van der Waals surface area contributed by atoms with Crippen molar-refractivity contribution in [3.05, 3.63) is 88.5 Å². The monoisotopic (exact) mass is 563 g/mol. The second kappa shape index (κ2) is 10.4. The van der Waals surface area contributed by atoms with E-state index in [1.165, 1.54) is 22.8 Å². The van der Waals surface area contributed by atoms with Gasteiger partial charge < -0.3 is 21.1 Å². The Morgan fingerprint density at radius 1 is 1.07 bits per heavy atom. The lowest BCUT2D eigenvalue weighted by molar-refractivity contribution is 0.413. The van der Waals surface area contributed by atoms with Gasteiger partial charge in [0, 0.05) is 17.8 Å². The van der Waals surface area contributed by atoms with E-state index in [2.05, 4.69) is 21.0 Å². The van der Waals surface area contributed by atoms with E-state index < -0.39 is 11.9 Å². The molecule has 11 nitrogen and oxygen atoms in total. The van der Waals surface area contributed by atoms with Crippen LogP contribution in [-0.4, -0.2) is 37.7 Å². The number of ether oxygens (including phenoxy) is 1. The van der Waals surface area contributed by atoms with Crippen molar-refractivity contribution in [2.45, 2.75) is 31.8 Å². The molecule has 0 spiro atoms. The first-order valence-electron chi connectivity index (χ1n) is 13.2. The van der Waals surface area contributed by atoms with Crippen LogP contribution < -0.4 is 26.7 Å². The van der Waals surface area contributed by atoms with Crippen molar-refractivity contribution in [3.8, 4) is 28.6 Å². The molecule has 3 aromatic heterocycles. The molecule has 1 saturated heterocycles. The zero-order valence-electron chi connectivity index (χ0n) is 22.8. The molecule has 0 amide bonds. The molecule has 0 bridgehead atoms. The van der Waals surface area contributed by atoms with Crippen molar-refractivity contribution in [2.75, 3.05) is 23.5 Å². The quantitative estimate of drug-likeness (QED) is 0.318. The Hall–Kier alpha value is -5.57. The molecule has 2 aromatic carbocycles. The van der Waals surface area contributed by atoms with E-state index in [1.807, 2.05) is 24.0 Å². The van der Waals surface area contributed by atoms with E-state index in [-0.39, 0.29) is 34.7 Å². The van der Waals surface area contributed by atoms with Crippen LogP contribution in [-0.2, 0) is 0 Å². The largest absolute Gasteiger partial charge is 0.495 e. The van der Waals surface area contributed by atoms with Crippen LogP contribution in [0.4, 0.5) is 22.0 Å². The number of aromatic nitrogens is 5. The maximum absolute atomic E-state index is 14.6. The summed E-state index contributed by atoms with van der Waals surface area (Å²) < 4.78 is 21.4. The van der Waals surface area contributed by atoms with E-state index >= 15 is 0 Å². The fraction of sp³-hybridized carbons (Fsp3) is 0.200. The van der Waals surface area contributed by atoms with Crippen LogP contribution in [0.15, 0.2) is 65.7 Å². The fourth-order valence-corrected chi connectivity index (χ4v) is 5.63. The topological polar surface area (TPSA) is 162 Å². The summed E-state index contributed by atoms with van der Waals surface area (Å²) in [7, 11) is 1.54. The highest BCUT2D eigenvalue weighted by atomic mass is 19.1. The number of nitrogens with zero attached hydrogens (tertiary/aromatic N) is 7. The van der Waals surface area contributed by atoms with Gasteiger partial charge in [-0.1, -0.05) is 18.2 Å². The van der Waals surface area contributed by atoms with Gasteiger partial charge in [-0.2, -0.15) is 15.2 Å². The minimum atomic E-state index is -0.525. The molecule has 0 radical (unpaired) electrons. The van der Waals surface area contributed by atoms with Gasteiger partial charge in [0.1, 0.15) is 34.8 Å². The van der Waals surface area contributed by atoms with Gasteiger partial charge in [0.15, 0.2) is 5.82 Å². The summed E-state index contributed by atoms with van der Waals surface area (Å²) in [4.78, 5) is 34.0. The molecule has 4 heterocycles. The number of anilines is 3. The summed E-state index contributed by atoms with van der Waals surface area (Å²) >= 11 is 0. The van der Waals surface area contributed by atoms with E-state index in [9.17, 15) is 14.4 Å². The average molecular weight is 564 g/mol. The summed E-state index contributed by atoms with van der Waals surface area (Å²) in [6, 6.07) is 14.4. The molecule has 1 aliphatic heterocycles. The Bertz CT molecular complexity index is 1950. The minimum Gasteiger partial charge on any atom is -0.495 e. The van der Waals surface area contributed by atoms with Gasteiger partial charge in [0.2, 0.25) is 5.95 Å². The molecule has 2 atom stereocenters. The first kappa shape index (κ1) is 26.6. The number of nitriles is 1. The molecule has 4 N–H and O–H groups in total. The lowest BCUT2D eigenvalue weighted by Gasteiger charge is -2.31. The number of fused-ring (bicyclic) bond motifs is 1. The van der Waals surface area contributed by atoms with Gasteiger partial charge in [-0.25, -0.2) is 9.37 Å². The number of rotatable bonds is 5. The van der Waals surface area contributed by atoms with Gasteiger partial charge in [-0.05, 0) is 55.7 Å². The first-order valence-corrected chi connectivity index (χ1v) is 13.2. The van der Waals surface area contributed by atoms with Gasteiger partial charge in [-0.15, -0.1) is 0 Å². The van der Waals surface area contributed by atoms with Crippen molar-refractivity contribution in [2.24, 2.45) is 0 Å². The Kier molecular flexibility index (Phi) is 6.62. The number of nitrogen functional groups attached to an aromatic ring is 2. The Morgan fingerprint density at radius 2 is 1.88 bits per heavy atom. The summed E-state index contributed by atoms with van der Waals surface area (Å²) in [6.45, 7) is 1.98. The number of halogens is 1. The fourth-order valence-electron chi connectivity index (χ4n) is 5.63. The lowest BCUT2D eigenvalue weighted by Crippen LogP contribution is -2.36.